The number of hydrogen-bond donors (Lipinski definition) is 7. The van der Waals surface area contributed by atoms with Gasteiger partial charge in [-0.15, -0.1) is 0 Å². The quantitative estimate of drug-likeness (QED) is 0.0380. The Bertz CT molecular complexity index is 1000. The molecule has 2 heterocycles. The van der Waals surface area contributed by atoms with Gasteiger partial charge in [-0.05, 0) is 12.8 Å². The van der Waals surface area contributed by atoms with Crippen LogP contribution in [0.25, 0.3) is 0 Å². The average Bonchev–Trinajstić information content (AvgIpc) is 3.19. The van der Waals surface area contributed by atoms with Crippen molar-refractivity contribution in [2.45, 2.75) is 223 Å². The Morgan fingerprint density at radius 3 is 1.39 bits per heavy atom. The van der Waals surface area contributed by atoms with E-state index in [-0.39, 0.29) is 26.1 Å². The lowest BCUT2D eigenvalue weighted by atomic mass is 9.98. The van der Waals surface area contributed by atoms with Crippen LogP contribution in [0.1, 0.15) is 155 Å². The predicted molar refractivity (Wildman–Crippen MR) is 206 cm³/mol. The van der Waals surface area contributed by atoms with Crippen LogP contribution in [-0.2, 0) is 38.0 Å². The molecule has 0 amide bonds. The summed E-state index contributed by atoms with van der Waals surface area (Å²) >= 11 is 0. The van der Waals surface area contributed by atoms with Gasteiger partial charge in [0.05, 0.1) is 19.8 Å². The third-order valence-corrected chi connectivity index (χ3v) is 10.6. The number of ether oxygens (including phenoxy) is 6. The molecule has 2 aliphatic rings. The number of unbranched alkanes of at least 4 members (excludes halogenated alkanes) is 18. The van der Waals surface area contributed by atoms with Crippen molar-refractivity contribution in [3.63, 3.8) is 0 Å². The maximum atomic E-state index is 12.9. The average molecular weight is 809 g/mol. The van der Waals surface area contributed by atoms with Gasteiger partial charge >= 0.3 is 11.9 Å². The van der Waals surface area contributed by atoms with Crippen molar-refractivity contribution in [2.24, 2.45) is 0 Å². The number of esters is 2. The second kappa shape index (κ2) is 30.5. The summed E-state index contributed by atoms with van der Waals surface area (Å²) in [7, 11) is 0. The van der Waals surface area contributed by atoms with Gasteiger partial charge in [-0.2, -0.15) is 0 Å². The summed E-state index contributed by atoms with van der Waals surface area (Å²) in [5.74, 6) is -0.926. The smallest absolute Gasteiger partial charge is 0.306 e. The highest BCUT2D eigenvalue weighted by Crippen LogP contribution is 2.26. The van der Waals surface area contributed by atoms with E-state index in [1.54, 1.807) is 0 Å². The molecule has 0 bridgehead atoms. The summed E-state index contributed by atoms with van der Waals surface area (Å²) in [6.45, 7) is 2.52. The molecule has 2 saturated heterocycles. The van der Waals surface area contributed by atoms with Crippen LogP contribution < -0.4 is 0 Å². The molecule has 2 rings (SSSR count). The van der Waals surface area contributed by atoms with E-state index >= 15 is 0 Å². The third-order valence-electron chi connectivity index (χ3n) is 10.6. The monoisotopic (exact) mass is 809 g/mol. The molecule has 11 atom stereocenters. The van der Waals surface area contributed by atoms with E-state index in [4.69, 9.17) is 28.4 Å². The fourth-order valence-corrected chi connectivity index (χ4v) is 6.92. The zero-order valence-corrected chi connectivity index (χ0v) is 34.1. The molecular formula is C41H76O15. The predicted octanol–water partition coefficient (Wildman–Crippen LogP) is 3.70. The minimum absolute atomic E-state index is 0.172. The van der Waals surface area contributed by atoms with E-state index in [0.29, 0.717) is 12.8 Å². The van der Waals surface area contributed by atoms with Gasteiger partial charge in [-0.1, -0.05) is 129 Å². The van der Waals surface area contributed by atoms with Crippen LogP contribution in [0.4, 0.5) is 0 Å². The first-order valence-corrected chi connectivity index (χ1v) is 21.6. The lowest BCUT2D eigenvalue weighted by Crippen LogP contribution is -2.61. The molecule has 330 valence electrons. The second-order valence-electron chi connectivity index (χ2n) is 15.5. The minimum atomic E-state index is -1.76. The molecule has 15 nitrogen and oxygen atoms in total. The maximum absolute atomic E-state index is 12.9. The van der Waals surface area contributed by atoms with Crippen LogP contribution in [-0.4, -0.2) is 142 Å². The number of carbonyl (C=O) groups excluding carboxylic acids is 2. The van der Waals surface area contributed by atoms with E-state index < -0.39 is 92.7 Å². The van der Waals surface area contributed by atoms with Crippen LogP contribution in [0, 0.1) is 0 Å². The molecular weight excluding hydrogens is 732 g/mol. The molecule has 0 aromatic heterocycles. The maximum Gasteiger partial charge on any atom is 0.306 e. The van der Waals surface area contributed by atoms with Crippen molar-refractivity contribution < 1.29 is 73.8 Å². The van der Waals surface area contributed by atoms with Gasteiger partial charge in [0.15, 0.2) is 18.7 Å². The summed E-state index contributed by atoms with van der Waals surface area (Å²) in [5, 5.41) is 71.6. The zero-order chi connectivity index (χ0) is 41.1. The highest BCUT2D eigenvalue weighted by Gasteiger charge is 2.47. The van der Waals surface area contributed by atoms with E-state index in [9.17, 15) is 45.3 Å². The number of carbonyl (C=O) groups is 2. The van der Waals surface area contributed by atoms with Crippen LogP contribution >= 0.6 is 0 Å². The van der Waals surface area contributed by atoms with Crippen molar-refractivity contribution >= 4 is 11.9 Å². The number of rotatable bonds is 32. The van der Waals surface area contributed by atoms with E-state index in [1.807, 2.05) is 0 Å². The molecule has 0 aromatic carbocycles. The van der Waals surface area contributed by atoms with Gasteiger partial charge in [0.25, 0.3) is 0 Å². The Morgan fingerprint density at radius 1 is 0.500 bits per heavy atom. The van der Waals surface area contributed by atoms with Crippen molar-refractivity contribution in [1.29, 1.82) is 0 Å². The van der Waals surface area contributed by atoms with Gasteiger partial charge < -0.3 is 64.2 Å². The summed E-state index contributed by atoms with van der Waals surface area (Å²) in [5.41, 5.74) is 0. The molecule has 4 unspecified atom stereocenters. The first-order chi connectivity index (χ1) is 27.0. The SMILES string of the molecule is CCCCCCCCCCCCCCCC(=O)O[C@H](COC(=O)CCCCCCCCC)CO[C@@H]1O[C@H](CO[C@@H]2O[C@H](CO)[C@H](O)C(O)C2O)[C@H](O)C(O)C1O. The molecule has 2 aliphatic heterocycles. The van der Waals surface area contributed by atoms with Crippen molar-refractivity contribution in [3.05, 3.63) is 0 Å². The van der Waals surface area contributed by atoms with Gasteiger partial charge in [0.1, 0.15) is 55.4 Å². The normalized spacial score (nSPS) is 28.6. The Hall–Kier alpha value is -1.50. The van der Waals surface area contributed by atoms with Crippen LogP contribution in [0.3, 0.4) is 0 Å². The molecule has 0 aliphatic carbocycles. The van der Waals surface area contributed by atoms with Gasteiger partial charge in [-0.25, -0.2) is 0 Å². The molecule has 2 fully saturated rings. The first kappa shape index (κ1) is 50.6. The van der Waals surface area contributed by atoms with Crippen LogP contribution in [0.15, 0.2) is 0 Å². The van der Waals surface area contributed by atoms with Crippen molar-refractivity contribution in [3.8, 4) is 0 Å². The first-order valence-electron chi connectivity index (χ1n) is 21.6. The molecule has 15 heteroatoms. The topological polar surface area (TPSA) is 231 Å². The third kappa shape index (κ3) is 20.0. The standard InChI is InChI=1S/C41H76O15/c1-3-5-7-9-11-12-13-14-15-16-18-20-22-24-33(44)54-29(26-51-32(43)23-21-19-17-10-8-6-4-2)27-52-40-39(50)37(48)35(46)31(56-40)28-53-41-38(49)36(47)34(45)30(25-42)55-41/h29-31,34-42,45-50H,3-28H2,1-2H3/t29-,30-,31-,34+,35+,36?,37?,38?,39?,40-,41-/m1/s1. The minimum Gasteiger partial charge on any atom is -0.462 e. The highest BCUT2D eigenvalue weighted by atomic mass is 16.7. The summed E-state index contributed by atoms with van der Waals surface area (Å²) < 4.78 is 33.3. The molecule has 0 aromatic rings. The van der Waals surface area contributed by atoms with Crippen LogP contribution in [0.2, 0.25) is 0 Å². The lowest BCUT2D eigenvalue weighted by molar-refractivity contribution is -0.332. The van der Waals surface area contributed by atoms with Gasteiger partial charge in [0, 0.05) is 12.8 Å². The number of hydrogen-bond acceptors (Lipinski definition) is 15. The van der Waals surface area contributed by atoms with Crippen molar-refractivity contribution in [1.82, 2.24) is 0 Å². The number of aliphatic hydroxyl groups is 7. The number of aliphatic hydroxyl groups excluding tert-OH is 7. The molecule has 0 saturated carbocycles. The van der Waals surface area contributed by atoms with Gasteiger partial charge in [0.2, 0.25) is 0 Å². The zero-order valence-electron chi connectivity index (χ0n) is 34.1. The van der Waals surface area contributed by atoms with Crippen LogP contribution in [0.5, 0.6) is 0 Å². The second-order valence-corrected chi connectivity index (χ2v) is 15.5. The Balaban J connectivity index is 1.86. The molecule has 0 radical (unpaired) electrons. The molecule has 0 spiro atoms. The van der Waals surface area contributed by atoms with Gasteiger partial charge in [-0.3, -0.25) is 9.59 Å². The Kier molecular flexibility index (Phi) is 27.6. The van der Waals surface area contributed by atoms with E-state index in [2.05, 4.69) is 13.8 Å². The largest absolute Gasteiger partial charge is 0.462 e. The summed E-state index contributed by atoms with van der Waals surface area (Å²) in [6, 6.07) is 0. The molecule has 56 heavy (non-hydrogen) atoms. The summed E-state index contributed by atoms with van der Waals surface area (Å²) in [6.07, 6.45) is 6.07. The fraction of sp³-hybridized carbons (Fsp3) is 0.951. The highest BCUT2D eigenvalue weighted by molar-refractivity contribution is 5.70. The molecule has 7 N–H and O–H groups in total. The lowest BCUT2D eigenvalue weighted by Gasteiger charge is -2.42. The Labute approximate surface area is 334 Å². The summed E-state index contributed by atoms with van der Waals surface area (Å²) in [4.78, 5) is 25.4. The fourth-order valence-electron chi connectivity index (χ4n) is 6.92. The Morgan fingerprint density at radius 2 is 0.911 bits per heavy atom. The van der Waals surface area contributed by atoms with Crippen molar-refractivity contribution in [2.75, 3.05) is 26.4 Å². The van der Waals surface area contributed by atoms with E-state index in [0.717, 1.165) is 44.9 Å². The van der Waals surface area contributed by atoms with E-state index in [1.165, 1.54) is 70.6 Å².